The number of rotatable bonds is 6. The van der Waals surface area contributed by atoms with Gasteiger partial charge in [-0.05, 0) is 43.0 Å². The monoisotopic (exact) mass is 401 g/mol. The van der Waals surface area contributed by atoms with Gasteiger partial charge in [0, 0.05) is 11.5 Å². The second kappa shape index (κ2) is 8.31. The lowest BCUT2D eigenvalue weighted by Gasteiger charge is -2.36. The van der Waals surface area contributed by atoms with Crippen molar-refractivity contribution in [3.8, 4) is 11.1 Å². The molecule has 2 aromatic carbocycles. The second-order valence-electron chi connectivity index (χ2n) is 7.88. The third-order valence-electron chi connectivity index (χ3n) is 4.88. The number of carbonyl (C=O) groups excluding carboxylic acids is 2. The van der Waals surface area contributed by atoms with E-state index in [1.807, 2.05) is 48.5 Å². The van der Waals surface area contributed by atoms with Gasteiger partial charge < -0.3 is 14.7 Å². The molecule has 1 aliphatic rings. The van der Waals surface area contributed by atoms with Gasteiger partial charge >= 0.3 is 12.2 Å². The van der Waals surface area contributed by atoms with Crippen LogP contribution in [0.2, 0.25) is 0 Å². The molecule has 0 saturated carbocycles. The van der Waals surface area contributed by atoms with E-state index in [1.54, 1.807) is 20.8 Å². The first-order valence-electron chi connectivity index (χ1n) is 9.36. The molecule has 2 aromatic rings. The van der Waals surface area contributed by atoms with Crippen LogP contribution in [0.1, 0.15) is 37.8 Å². The molecule has 0 fully saturated rings. The molecule has 0 spiro atoms. The van der Waals surface area contributed by atoms with Gasteiger partial charge in [-0.25, -0.2) is 4.79 Å². The molecule has 6 nitrogen and oxygen atoms in total. The first-order chi connectivity index (χ1) is 13.7. The average Bonchev–Trinajstić information content (AvgIpc) is 2.99. The minimum Gasteiger partial charge on any atom is -0.432 e. The Morgan fingerprint density at radius 1 is 1.07 bits per heavy atom. The number of hydroxylamine groups is 2. The number of carbonyl (C=O) groups is 2. The Hall–Kier alpha value is -2.77. The Bertz CT molecular complexity index is 863. The van der Waals surface area contributed by atoms with Crippen molar-refractivity contribution in [1.29, 1.82) is 0 Å². The third kappa shape index (κ3) is 4.31. The number of aliphatic hydroxyl groups excluding tert-OH is 1. The standard InChI is InChI=1S/C22H24FNO5/c1-22(2,3)24(19(12-25)20(23)26)29-21(27)28-13-18-16-10-6-4-8-14(16)15-9-5-7-11-17(15)18/h4-11,18-19,25H,12-13H2,1-3H3/t19-/m0/s1. The minimum atomic E-state index is -1.80. The van der Waals surface area contributed by atoms with Gasteiger partial charge in [0.25, 0.3) is 0 Å². The summed E-state index contributed by atoms with van der Waals surface area (Å²) in [5.74, 6) is -0.158. The summed E-state index contributed by atoms with van der Waals surface area (Å²) in [5.41, 5.74) is 3.33. The van der Waals surface area contributed by atoms with E-state index in [0.717, 1.165) is 27.3 Å². The maximum absolute atomic E-state index is 13.3. The van der Waals surface area contributed by atoms with Crippen LogP contribution in [0.5, 0.6) is 0 Å². The molecule has 1 aliphatic carbocycles. The van der Waals surface area contributed by atoms with Crippen LogP contribution >= 0.6 is 0 Å². The highest BCUT2D eigenvalue weighted by atomic mass is 19.1. The number of fused-ring (bicyclic) bond motifs is 3. The number of ether oxygens (including phenoxy) is 1. The number of benzene rings is 2. The van der Waals surface area contributed by atoms with Crippen LogP contribution in [0.4, 0.5) is 9.18 Å². The van der Waals surface area contributed by atoms with Gasteiger partial charge in [-0.3, -0.25) is 4.79 Å². The zero-order valence-corrected chi connectivity index (χ0v) is 16.6. The fraction of sp³-hybridized carbons (Fsp3) is 0.364. The van der Waals surface area contributed by atoms with E-state index < -0.39 is 30.4 Å². The van der Waals surface area contributed by atoms with E-state index in [4.69, 9.17) is 9.57 Å². The molecule has 7 heteroatoms. The van der Waals surface area contributed by atoms with Crippen molar-refractivity contribution in [3.63, 3.8) is 0 Å². The van der Waals surface area contributed by atoms with Crippen LogP contribution in [-0.2, 0) is 14.4 Å². The van der Waals surface area contributed by atoms with Crippen LogP contribution in [0, 0.1) is 0 Å². The summed E-state index contributed by atoms with van der Waals surface area (Å²) in [6, 6.07) is 12.4. The van der Waals surface area contributed by atoms with Gasteiger partial charge in [0.2, 0.25) is 0 Å². The number of aliphatic hydroxyl groups is 1. The lowest BCUT2D eigenvalue weighted by molar-refractivity contribution is -0.213. The Labute approximate surface area is 168 Å². The molecule has 0 unspecified atom stereocenters. The van der Waals surface area contributed by atoms with Crippen molar-refractivity contribution in [2.24, 2.45) is 0 Å². The molecule has 0 aromatic heterocycles. The number of halogens is 1. The topological polar surface area (TPSA) is 76.1 Å². The molecule has 154 valence electrons. The molecule has 0 heterocycles. The highest BCUT2D eigenvalue weighted by Crippen LogP contribution is 2.44. The molecule has 0 aliphatic heterocycles. The van der Waals surface area contributed by atoms with E-state index in [2.05, 4.69) is 0 Å². The van der Waals surface area contributed by atoms with Crippen LogP contribution in [0.3, 0.4) is 0 Å². The Morgan fingerprint density at radius 3 is 2.03 bits per heavy atom. The molecular formula is C22H24FNO5. The van der Waals surface area contributed by atoms with Crippen LogP contribution < -0.4 is 0 Å². The maximum Gasteiger partial charge on any atom is 0.527 e. The normalized spacial score (nSPS) is 14.3. The van der Waals surface area contributed by atoms with Gasteiger partial charge in [0.05, 0.1) is 6.61 Å². The Morgan fingerprint density at radius 2 is 1.59 bits per heavy atom. The molecule has 1 N–H and O–H groups in total. The Kier molecular flexibility index (Phi) is 6.00. The summed E-state index contributed by atoms with van der Waals surface area (Å²) < 4.78 is 18.6. The van der Waals surface area contributed by atoms with Crippen molar-refractivity contribution in [2.75, 3.05) is 13.2 Å². The number of hydrogen-bond acceptors (Lipinski definition) is 6. The second-order valence-corrected chi connectivity index (χ2v) is 7.88. The van der Waals surface area contributed by atoms with E-state index in [9.17, 15) is 19.1 Å². The smallest absolute Gasteiger partial charge is 0.432 e. The molecule has 0 radical (unpaired) electrons. The fourth-order valence-electron chi connectivity index (χ4n) is 3.60. The molecule has 0 bridgehead atoms. The van der Waals surface area contributed by atoms with Crippen molar-refractivity contribution in [1.82, 2.24) is 5.06 Å². The van der Waals surface area contributed by atoms with Crippen molar-refractivity contribution in [2.45, 2.75) is 38.3 Å². The van der Waals surface area contributed by atoms with Crippen molar-refractivity contribution in [3.05, 3.63) is 59.7 Å². The van der Waals surface area contributed by atoms with Gasteiger partial charge in [0.15, 0.2) is 6.04 Å². The first-order valence-corrected chi connectivity index (χ1v) is 9.36. The molecule has 0 amide bonds. The zero-order valence-electron chi connectivity index (χ0n) is 16.6. The zero-order chi connectivity index (χ0) is 21.2. The van der Waals surface area contributed by atoms with Crippen LogP contribution in [0.25, 0.3) is 11.1 Å². The van der Waals surface area contributed by atoms with E-state index in [1.165, 1.54) is 0 Å². The van der Waals surface area contributed by atoms with Gasteiger partial charge in [-0.15, -0.1) is 5.06 Å². The number of hydrogen-bond donors (Lipinski definition) is 1. The van der Waals surface area contributed by atoms with Gasteiger partial charge in [-0.1, -0.05) is 48.5 Å². The van der Waals surface area contributed by atoms with Crippen molar-refractivity contribution < 1.29 is 28.7 Å². The molecule has 29 heavy (non-hydrogen) atoms. The third-order valence-corrected chi connectivity index (χ3v) is 4.88. The quantitative estimate of drug-likeness (QED) is 0.451. The van der Waals surface area contributed by atoms with E-state index in [0.29, 0.717) is 0 Å². The number of nitrogens with zero attached hydrogens (tertiary/aromatic N) is 1. The summed E-state index contributed by atoms with van der Waals surface area (Å²) in [6.45, 7) is 4.06. The largest absolute Gasteiger partial charge is 0.527 e. The SMILES string of the molecule is CC(C)(C)N(OC(=O)OCC1c2ccccc2-c2ccccc21)[C@@H](CO)C(=O)F. The van der Waals surface area contributed by atoms with Gasteiger partial charge in [-0.2, -0.15) is 4.39 Å². The van der Waals surface area contributed by atoms with Gasteiger partial charge in [0.1, 0.15) is 6.61 Å². The minimum absolute atomic E-state index is 0.0260. The highest BCUT2D eigenvalue weighted by molar-refractivity contribution is 5.79. The molecule has 3 rings (SSSR count). The maximum atomic E-state index is 13.3. The van der Waals surface area contributed by atoms with Crippen LogP contribution in [-0.4, -0.2) is 47.2 Å². The summed E-state index contributed by atoms with van der Waals surface area (Å²) in [4.78, 5) is 28.6. The van der Waals surface area contributed by atoms with Crippen LogP contribution in [0.15, 0.2) is 48.5 Å². The summed E-state index contributed by atoms with van der Waals surface area (Å²) >= 11 is 0. The van der Waals surface area contributed by atoms with E-state index in [-0.39, 0.29) is 12.5 Å². The molecular weight excluding hydrogens is 377 g/mol. The molecule has 1 atom stereocenters. The molecule has 0 saturated heterocycles. The lowest BCUT2D eigenvalue weighted by atomic mass is 9.98. The predicted molar refractivity (Wildman–Crippen MR) is 105 cm³/mol. The highest BCUT2D eigenvalue weighted by Gasteiger charge is 2.38. The summed E-state index contributed by atoms with van der Waals surface area (Å²) in [7, 11) is 0. The Balaban J connectivity index is 1.74. The van der Waals surface area contributed by atoms with Crippen molar-refractivity contribution >= 4 is 12.2 Å². The summed E-state index contributed by atoms with van der Waals surface area (Å²) in [5, 5.41) is 10.2. The predicted octanol–water partition coefficient (Wildman–Crippen LogP) is 3.82. The average molecular weight is 401 g/mol. The first kappa shape index (κ1) is 21.0. The van der Waals surface area contributed by atoms with E-state index >= 15 is 0 Å². The fourth-order valence-corrected chi connectivity index (χ4v) is 3.60. The lowest BCUT2D eigenvalue weighted by Crippen LogP contribution is -2.53. The summed E-state index contributed by atoms with van der Waals surface area (Å²) in [6.07, 6.45) is -1.07.